The second-order valence-electron chi connectivity index (χ2n) is 8.60. The van der Waals surface area contributed by atoms with E-state index in [4.69, 9.17) is 19.3 Å². The zero-order chi connectivity index (χ0) is 24.1. The molecule has 2 heterocycles. The number of fused-ring (bicyclic) bond motifs is 4. The quantitative estimate of drug-likeness (QED) is 0.244. The molecule has 2 aliphatic rings. The summed E-state index contributed by atoms with van der Waals surface area (Å²) in [6.45, 7) is 0. The second-order valence-corrected chi connectivity index (χ2v) is 10.4. The van der Waals surface area contributed by atoms with Crippen LogP contribution in [0.4, 0.5) is 0 Å². The summed E-state index contributed by atoms with van der Waals surface area (Å²) in [6, 6.07) is 25.0. The summed E-state index contributed by atoms with van der Waals surface area (Å²) in [5.74, 6) is 2.17. The van der Waals surface area contributed by atoms with Crippen molar-refractivity contribution in [3.63, 3.8) is 0 Å². The van der Waals surface area contributed by atoms with Crippen LogP contribution in [0.3, 0.4) is 0 Å². The summed E-state index contributed by atoms with van der Waals surface area (Å²) in [6.07, 6.45) is 0.365. The van der Waals surface area contributed by atoms with Crippen LogP contribution in [-0.4, -0.2) is 24.9 Å². The molecule has 0 aliphatic carbocycles. The third-order valence-electron chi connectivity index (χ3n) is 6.58. The van der Waals surface area contributed by atoms with E-state index >= 15 is 0 Å². The molecule has 0 unspecified atom stereocenters. The largest absolute Gasteiger partial charge is 0.493 e. The smallest absolute Gasteiger partial charge is 0.214 e. The van der Waals surface area contributed by atoms with Gasteiger partial charge < -0.3 is 14.2 Å². The van der Waals surface area contributed by atoms with Gasteiger partial charge in [0.15, 0.2) is 11.5 Å². The maximum atomic E-state index is 6.60. The molecule has 176 valence electrons. The summed E-state index contributed by atoms with van der Waals surface area (Å²) >= 11 is 7.36. The Labute approximate surface area is 220 Å². The van der Waals surface area contributed by atoms with Crippen molar-refractivity contribution in [3.05, 3.63) is 98.4 Å². The van der Waals surface area contributed by atoms with Gasteiger partial charge in [-0.1, -0.05) is 52.3 Å². The van der Waals surface area contributed by atoms with Gasteiger partial charge in [-0.05, 0) is 68.7 Å². The Kier molecular flexibility index (Phi) is 5.69. The first-order valence-corrected chi connectivity index (χ1v) is 12.9. The average molecular weight is 594 g/mol. The van der Waals surface area contributed by atoms with E-state index in [1.54, 1.807) is 14.2 Å². The molecule has 4 aromatic rings. The zero-order valence-corrected chi connectivity index (χ0v) is 22.3. The van der Waals surface area contributed by atoms with Crippen LogP contribution in [0.2, 0.25) is 0 Å². The Morgan fingerprint density at radius 2 is 1.69 bits per heavy atom. The first-order valence-electron chi connectivity index (χ1n) is 11.3. The molecule has 0 N–H and O–H groups in total. The van der Waals surface area contributed by atoms with Crippen molar-refractivity contribution in [2.24, 2.45) is 5.10 Å². The van der Waals surface area contributed by atoms with Gasteiger partial charge in [0.1, 0.15) is 5.75 Å². The normalized spacial score (nSPS) is 18.5. The molecule has 0 amide bonds. The minimum Gasteiger partial charge on any atom is -0.493 e. The number of hydrogen-bond donors (Lipinski definition) is 0. The number of methoxy groups -OCH3 is 2. The van der Waals surface area contributed by atoms with Gasteiger partial charge in [-0.25, -0.2) is 5.01 Å². The second kappa shape index (κ2) is 8.88. The molecule has 2 atom stereocenters. The van der Waals surface area contributed by atoms with E-state index in [9.17, 15) is 0 Å². The molecule has 0 radical (unpaired) electrons. The molecule has 0 bridgehead atoms. The van der Waals surface area contributed by atoms with Crippen molar-refractivity contribution in [1.82, 2.24) is 5.01 Å². The number of nitrogens with zero attached hydrogens (tertiary/aromatic N) is 2. The van der Waals surface area contributed by atoms with Crippen LogP contribution in [0, 0.1) is 0 Å². The lowest BCUT2D eigenvalue weighted by Gasteiger charge is -2.38. The van der Waals surface area contributed by atoms with Crippen LogP contribution in [0.5, 0.6) is 17.2 Å². The van der Waals surface area contributed by atoms with E-state index in [2.05, 4.69) is 85.4 Å². The number of hydrogen-bond acceptors (Lipinski definition) is 5. The SMILES string of the molecule is COc1ccc([C@H]2Oc3c(Br)cc(Br)cc3[C@@H]3CC(c4ccc5ccccc5c4)=NN23)cc1OC. The fourth-order valence-corrected chi connectivity index (χ4v) is 6.24. The summed E-state index contributed by atoms with van der Waals surface area (Å²) < 4.78 is 19.5. The molecule has 2 aliphatic heterocycles. The lowest BCUT2D eigenvalue weighted by atomic mass is 9.95. The van der Waals surface area contributed by atoms with Gasteiger partial charge in [-0.15, -0.1) is 0 Å². The van der Waals surface area contributed by atoms with Crippen LogP contribution in [0.15, 0.2) is 86.8 Å². The summed E-state index contributed by atoms with van der Waals surface area (Å²) in [5.41, 5.74) is 4.21. The summed E-state index contributed by atoms with van der Waals surface area (Å²) in [5, 5.41) is 9.62. The van der Waals surface area contributed by atoms with Crippen molar-refractivity contribution < 1.29 is 14.2 Å². The maximum absolute atomic E-state index is 6.60. The Balaban J connectivity index is 1.47. The average Bonchev–Trinajstić information content (AvgIpc) is 3.33. The number of rotatable bonds is 4. The molecule has 0 spiro atoms. The Bertz CT molecular complexity index is 1490. The molecule has 0 aromatic heterocycles. The first-order chi connectivity index (χ1) is 17.1. The lowest BCUT2D eigenvalue weighted by molar-refractivity contribution is -0.0198. The highest BCUT2D eigenvalue weighted by Gasteiger charge is 2.42. The van der Waals surface area contributed by atoms with Gasteiger partial charge >= 0.3 is 0 Å². The molecule has 0 fully saturated rings. The Morgan fingerprint density at radius 1 is 0.886 bits per heavy atom. The molecule has 0 saturated heterocycles. The fourth-order valence-electron chi connectivity index (χ4n) is 4.88. The molecule has 4 aromatic carbocycles. The summed E-state index contributed by atoms with van der Waals surface area (Å²) in [4.78, 5) is 0. The highest BCUT2D eigenvalue weighted by molar-refractivity contribution is 9.11. The van der Waals surface area contributed by atoms with Gasteiger partial charge in [-0.3, -0.25) is 0 Å². The molecule has 0 saturated carbocycles. The number of ether oxygens (including phenoxy) is 3. The summed E-state index contributed by atoms with van der Waals surface area (Å²) in [7, 11) is 3.28. The van der Waals surface area contributed by atoms with Crippen LogP contribution in [-0.2, 0) is 0 Å². The molecule has 5 nitrogen and oxygen atoms in total. The van der Waals surface area contributed by atoms with Gasteiger partial charge in [0.2, 0.25) is 6.23 Å². The first kappa shape index (κ1) is 22.4. The molecule has 35 heavy (non-hydrogen) atoms. The number of benzene rings is 4. The van der Waals surface area contributed by atoms with E-state index in [-0.39, 0.29) is 6.04 Å². The molecular formula is C28H22Br2N2O3. The topological polar surface area (TPSA) is 43.3 Å². The molecule has 7 heteroatoms. The Hall–Kier alpha value is -3.03. The molecule has 6 rings (SSSR count). The van der Waals surface area contributed by atoms with E-state index in [0.717, 1.165) is 43.5 Å². The molecular weight excluding hydrogens is 572 g/mol. The van der Waals surface area contributed by atoms with E-state index in [1.807, 2.05) is 24.3 Å². The minimum absolute atomic E-state index is 0.0344. The third kappa shape index (κ3) is 3.87. The fraction of sp³-hybridized carbons (Fsp3) is 0.179. The highest BCUT2D eigenvalue weighted by atomic mass is 79.9. The monoisotopic (exact) mass is 592 g/mol. The number of hydrazone groups is 1. The van der Waals surface area contributed by atoms with Crippen LogP contribution in [0.1, 0.15) is 35.4 Å². The van der Waals surface area contributed by atoms with Gasteiger partial charge in [0, 0.05) is 22.0 Å². The van der Waals surface area contributed by atoms with Crippen molar-refractivity contribution in [3.8, 4) is 17.2 Å². The maximum Gasteiger partial charge on any atom is 0.214 e. The Morgan fingerprint density at radius 3 is 2.49 bits per heavy atom. The van der Waals surface area contributed by atoms with Crippen LogP contribution in [0.25, 0.3) is 10.8 Å². The minimum atomic E-state index is -0.414. The predicted octanol–water partition coefficient (Wildman–Crippen LogP) is 7.62. The van der Waals surface area contributed by atoms with Gasteiger partial charge in [0.25, 0.3) is 0 Å². The van der Waals surface area contributed by atoms with E-state index in [1.165, 1.54) is 10.8 Å². The van der Waals surface area contributed by atoms with Crippen molar-refractivity contribution in [2.75, 3.05) is 14.2 Å². The van der Waals surface area contributed by atoms with Crippen molar-refractivity contribution >= 4 is 48.3 Å². The van der Waals surface area contributed by atoms with Gasteiger partial charge in [-0.2, -0.15) is 5.10 Å². The van der Waals surface area contributed by atoms with E-state index in [0.29, 0.717) is 11.5 Å². The van der Waals surface area contributed by atoms with Crippen molar-refractivity contribution in [1.29, 1.82) is 0 Å². The zero-order valence-electron chi connectivity index (χ0n) is 19.2. The third-order valence-corrected chi connectivity index (χ3v) is 7.63. The highest BCUT2D eigenvalue weighted by Crippen LogP contribution is 2.51. The lowest BCUT2D eigenvalue weighted by Crippen LogP contribution is -2.34. The van der Waals surface area contributed by atoms with Crippen LogP contribution >= 0.6 is 31.9 Å². The van der Waals surface area contributed by atoms with Gasteiger partial charge in [0.05, 0.1) is 30.4 Å². The number of halogens is 2. The standard InChI is InChI=1S/C28H22Br2N2O3/c1-33-25-10-9-19(12-26(25)34-2)28-32-24(21-13-20(29)14-22(30)27(21)35-28)15-23(31-32)18-8-7-16-5-3-4-6-17(16)11-18/h3-14,24,28H,15H2,1-2H3/t24-,28+/m0/s1. The predicted molar refractivity (Wildman–Crippen MR) is 144 cm³/mol. The van der Waals surface area contributed by atoms with E-state index < -0.39 is 6.23 Å². The van der Waals surface area contributed by atoms with Crippen LogP contribution < -0.4 is 14.2 Å². The van der Waals surface area contributed by atoms with Crippen molar-refractivity contribution in [2.45, 2.75) is 18.7 Å².